The van der Waals surface area contributed by atoms with Crippen molar-refractivity contribution in [1.29, 1.82) is 0 Å². The number of nitrogens with one attached hydrogen (secondary N) is 1. The minimum Gasteiger partial charge on any atom is -0.454 e. The number of hydrogen-bond acceptors (Lipinski definition) is 9. The van der Waals surface area contributed by atoms with Crippen molar-refractivity contribution in [2.45, 2.75) is 32.7 Å². The largest absolute Gasteiger partial charge is 0.454 e. The molecule has 9 nitrogen and oxygen atoms in total. The standard InChI is InChI=1S/C24H29N7O2S/c1-2-4-18-11-20(27-14-18)15-30(24-28-23(29-34-24)31-10-8-26-16-31)9-3-7-25-13-19-5-6-21-22(12-19)33-17-32-21/h5-6,8,10-12,14,16,18,25H,2-4,7,9,13,15,17H2,1H3. The molecule has 4 heterocycles. The van der Waals surface area contributed by atoms with E-state index in [-0.39, 0.29) is 0 Å². The Labute approximate surface area is 203 Å². The zero-order chi connectivity index (χ0) is 23.2. The Bertz CT molecular complexity index is 1140. The van der Waals surface area contributed by atoms with Crippen LogP contribution in [0, 0.1) is 5.92 Å². The zero-order valence-corrected chi connectivity index (χ0v) is 20.1. The molecule has 0 fully saturated rings. The average molecular weight is 480 g/mol. The van der Waals surface area contributed by atoms with Crippen molar-refractivity contribution < 1.29 is 9.47 Å². The van der Waals surface area contributed by atoms with Crippen molar-refractivity contribution in [2.75, 3.05) is 31.3 Å². The van der Waals surface area contributed by atoms with E-state index in [0.29, 0.717) is 18.7 Å². The molecule has 1 N–H and O–H groups in total. The van der Waals surface area contributed by atoms with Crippen LogP contribution >= 0.6 is 11.5 Å². The van der Waals surface area contributed by atoms with Crippen LogP contribution in [0.15, 0.2) is 53.7 Å². The number of aromatic nitrogens is 4. The summed E-state index contributed by atoms with van der Waals surface area (Å²) in [5, 5.41) is 4.43. The fourth-order valence-corrected chi connectivity index (χ4v) is 4.74. The summed E-state index contributed by atoms with van der Waals surface area (Å²) in [5.74, 6) is 2.73. The van der Waals surface area contributed by atoms with E-state index in [9.17, 15) is 0 Å². The fourth-order valence-electron chi connectivity index (χ4n) is 4.04. The van der Waals surface area contributed by atoms with Crippen LogP contribution in [-0.2, 0) is 6.54 Å². The number of hydrogen-bond donors (Lipinski definition) is 1. The Morgan fingerprint density at radius 1 is 1.26 bits per heavy atom. The van der Waals surface area contributed by atoms with Crippen molar-refractivity contribution in [3.63, 3.8) is 0 Å². The molecule has 0 amide bonds. The van der Waals surface area contributed by atoms with Crippen LogP contribution in [0.2, 0.25) is 0 Å². The molecular weight excluding hydrogens is 450 g/mol. The van der Waals surface area contributed by atoms with E-state index in [2.05, 4.69) is 49.8 Å². The van der Waals surface area contributed by atoms with Gasteiger partial charge in [0, 0.05) is 49.1 Å². The molecule has 2 aliphatic heterocycles. The molecular formula is C24H29N7O2S. The van der Waals surface area contributed by atoms with Crippen molar-refractivity contribution in [3.05, 3.63) is 54.3 Å². The minimum absolute atomic E-state index is 0.301. The summed E-state index contributed by atoms with van der Waals surface area (Å²) in [6.45, 7) is 5.78. The Morgan fingerprint density at radius 3 is 3.09 bits per heavy atom. The second-order valence-electron chi connectivity index (χ2n) is 8.38. The molecule has 178 valence electrons. The number of rotatable bonds is 12. The first-order chi connectivity index (χ1) is 16.8. The molecule has 0 spiro atoms. The van der Waals surface area contributed by atoms with Crippen LogP contribution in [0.4, 0.5) is 5.13 Å². The van der Waals surface area contributed by atoms with Gasteiger partial charge < -0.3 is 19.7 Å². The third-order valence-corrected chi connectivity index (χ3v) is 6.54. The van der Waals surface area contributed by atoms with E-state index in [0.717, 1.165) is 67.8 Å². The lowest BCUT2D eigenvalue weighted by Crippen LogP contribution is -2.29. The molecule has 0 saturated heterocycles. The van der Waals surface area contributed by atoms with E-state index in [4.69, 9.17) is 14.5 Å². The monoisotopic (exact) mass is 479 g/mol. The second kappa shape index (κ2) is 10.8. The Balaban J connectivity index is 1.18. The molecule has 2 aliphatic rings. The number of aliphatic imine (C=N–C) groups is 1. The maximum atomic E-state index is 5.47. The molecule has 1 aromatic carbocycles. The summed E-state index contributed by atoms with van der Waals surface area (Å²) in [6.07, 6.45) is 12.9. The van der Waals surface area contributed by atoms with E-state index < -0.39 is 0 Å². The smallest absolute Gasteiger partial charge is 0.248 e. The molecule has 3 aromatic rings. The van der Waals surface area contributed by atoms with Gasteiger partial charge in [-0.3, -0.25) is 9.56 Å². The Kier molecular flexibility index (Phi) is 7.16. The first kappa shape index (κ1) is 22.5. The van der Waals surface area contributed by atoms with E-state index in [1.165, 1.54) is 17.1 Å². The predicted octanol–water partition coefficient (Wildman–Crippen LogP) is 3.82. The topological polar surface area (TPSA) is 89.7 Å². The van der Waals surface area contributed by atoms with E-state index in [1.54, 1.807) is 12.5 Å². The number of anilines is 1. The number of benzene rings is 1. The Hall–Kier alpha value is -3.24. The number of imidazole rings is 1. The predicted molar refractivity (Wildman–Crippen MR) is 133 cm³/mol. The van der Waals surface area contributed by atoms with Crippen molar-refractivity contribution in [3.8, 4) is 17.4 Å². The van der Waals surface area contributed by atoms with Crippen molar-refractivity contribution in [2.24, 2.45) is 10.9 Å². The van der Waals surface area contributed by atoms with Crippen molar-refractivity contribution in [1.82, 2.24) is 24.2 Å². The quantitative estimate of drug-likeness (QED) is 0.395. The number of nitrogens with zero attached hydrogens (tertiary/aromatic N) is 6. The van der Waals surface area contributed by atoms with Crippen LogP contribution in [0.1, 0.15) is 31.7 Å². The van der Waals surface area contributed by atoms with Gasteiger partial charge in [0.05, 0.1) is 12.2 Å². The van der Waals surface area contributed by atoms with Gasteiger partial charge in [0.1, 0.15) is 6.33 Å². The number of allylic oxidation sites excluding steroid dienone is 1. The molecule has 0 bridgehead atoms. The fraction of sp³-hybridized carbons (Fsp3) is 0.417. The van der Waals surface area contributed by atoms with Gasteiger partial charge in [-0.05, 0) is 37.1 Å². The minimum atomic E-state index is 0.301. The highest BCUT2D eigenvalue weighted by Crippen LogP contribution is 2.32. The van der Waals surface area contributed by atoms with Gasteiger partial charge in [-0.2, -0.15) is 9.36 Å². The lowest BCUT2D eigenvalue weighted by Gasteiger charge is -2.21. The molecule has 2 aromatic heterocycles. The van der Waals surface area contributed by atoms with E-state index >= 15 is 0 Å². The normalized spacial score (nSPS) is 16.3. The lowest BCUT2D eigenvalue weighted by atomic mass is 10.1. The molecule has 0 aliphatic carbocycles. The van der Waals surface area contributed by atoms with Gasteiger partial charge in [0.2, 0.25) is 17.9 Å². The van der Waals surface area contributed by atoms with Crippen LogP contribution < -0.4 is 19.7 Å². The maximum absolute atomic E-state index is 5.47. The van der Waals surface area contributed by atoms with Gasteiger partial charge in [0.15, 0.2) is 11.5 Å². The first-order valence-corrected chi connectivity index (χ1v) is 12.5. The summed E-state index contributed by atoms with van der Waals surface area (Å²) in [5.41, 5.74) is 2.29. The average Bonchev–Trinajstić information content (AvgIpc) is 3.65. The molecule has 1 unspecified atom stereocenters. The van der Waals surface area contributed by atoms with Crippen LogP contribution in [0.5, 0.6) is 11.5 Å². The number of ether oxygens (including phenoxy) is 2. The molecule has 34 heavy (non-hydrogen) atoms. The van der Waals surface area contributed by atoms with Crippen LogP contribution in [0.3, 0.4) is 0 Å². The second-order valence-corrected chi connectivity index (χ2v) is 9.11. The molecule has 5 rings (SSSR count). The van der Waals surface area contributed by atoms with Crippen LogP contribution in [-0.4, -0.2) is 51.6 Å². The third kappa shape index (κ3) is 5.45. The van der Waals surface area contributed by atoms with Gasteiger partial charge in [-0.25, -0.2) is 4.98 Å². The van der Waals surface area contributed by atoms with Crippen molar-refractivity contribution >= 4 is 22.9 Å². The zero-order valence-electron chi connectivity index (χ0n) is 19.3. The first-order valence-electron chi connectivity index (χ1n) is 11.7. The van der Waals surface area contributed by atoms with E-state index in [1.807, 2.05) is 22.9 Å². The van der Waals surface area contributed by atoms with Gasteiger partial charge in [0.25, 0.3) is 0 Å². The molecule has 1 atom stereocenters. The number of fused-ring (bicyclic) bond motifs is 1. The summed E-state index contributed by atoms with van der Waals surface area (Å²) >= 11 is 1.41. The molecule has 0 saturated carbocycles. The Morgan fingerprint density at radius 2 is 2.21 bits per heavy atom. The van der Waals surface area contributed by atoms with Crippen LogP contribution in [0.25, 0.3) is 5.95 Å². The highest BCUT2D eigenvalue weighted by atomic mass is 32.1. The highest BCUT2D eigenvalue weighted by Gasteiger charge is 2.18. The third-order valence-electron chi connectivity index (χ3n) is 5.77. The summed E-state index contributed by atoms with van der Waals surface area (Å²) < 4.78 is 17.2. The lowest BCUT2D eigenvalue weighted by molar-refractivity contribution is 0.174. The highest BCUT2D eigenvalue weighted by molar-refractivity contribution is 7.09. The SMILES string of the molecule is CCCC1C=NC(CN(CCCNCc2ccc3c(c2)OCO3)c2nc(-n3ccnc3)ns2)=C1. The van der Waals surface area contributed by atoms with Gasteiger partial charge in [-0.1, -0.05) is 25.5 Å². The van der Waals surface area contributed by atoms with Gasteiger partial charge in [-0.15, -0.1) is 0 Å². The molecule has 0 radical (unpaired) electrons. The molecule has 10 heteroatoms. The van der Waals surface area contributed by atoms with Gasteiger partial charge >= 0.3 is 0 Å². The summed E-state index contributed by atoms with van der Waals surface area (Å²) in [6, 6.07) is 6.08. The summed E-state index contributed by atoms with van der Waals surface area (Å²) in [7, 11) is 0. The maximum Gasteiger partial charge on any atom is 0.248 e. The summed E-state index contributed by atoms with van der Waals surface area (Å²) in [4.78, 5) is 15.8.